The zero-order valence-corrected chi connectivity index (χ0v) is 12.0. The van der Waals surface area contributed by atoms with Crippen molar-refractivity contribution in [3.05, 3.63) is 5.82 Å². The lowest BCUT2D eigenvalue weighted by molar-refractivity contribution is 0.263. The number of aliphatic hydroxyl groups excluding tert-OH is 1. The molecular weight excluding hydrogens is 258 g/mol. The third-order valence-electron chi connectivity index (χ3n) is 5.18. The van der Waals surface area contributed by atoms with E-state index in [-0.39, 0.29) is 6.61 Å². The largest absolute Gasteiger partial charge is 0.388 e. The van der Waals surface area contributed by atoms with Gasteiger partial charge in [-0.05, 0) is 56.3 Å². The number of aromatic nitrogens is 3. The van der Waals surface area contributed by atoms with Crippen molar-refractivity contribution >= 4 is 11.8 Å². The van der Waals surface area contributed by atoms with Crippen molar-refractivity contribution in [2.24, 2.45) is 11.3 Å². The Morgan fingerprint density at radius 2 is 2.00 bits per heavy atom. The Hall–Kier alpha value is -0.550. The summed E-state index contributed by atoms with van der Waals surface area (Å²) in [7, 11) is 0. The van der Waals surface area contributed by atoms with E-state index in [1.165, 1.54) is 50.7 Å². The number of hydrogen-bond acceptors (Lipinski definition) is 4. The molecule has 1 aromatic heterocycles. The second-order valence-corrected chi connectivity index (χ2v) is 7.54. The summed E-state index contributed by atoms with van der Waals surface area (Å²) in [6.45, 7) is 0.0112. The molecule has 1 heterocycles. The van der Waals surface area contributed by atoms with Crippen molar-refractivity contribution in [3.63, 3.8) is 0 Å². The fourth-order valence-corrected chi connectivity index (χ4v) is 5.28. The summed E-state index contributed by atoms with van der Waals surface area (Å²) in [5.41, 5.74) is 0.592. The molecule has 2 bridgehead atoms. The third-order valence-corrected chi connectivity index (χ3v) is 6.48. The second kappa shape index (κ2) is 4.48. The smallest absolute Gasteiger partial charge is 0.191 e. The van der Waals surface area contributed by atoms with Gasteiger partial charge in [0.05, 0.1) is 0 Å². The number of nitrogens with zero attached hydrogens (tertiary/aromatic N) is 3. The molecule has 0 aromatic carbocycles. The summed E-state index contributed by atoms with van der Waals surface area (Å²) < 4.78 is 2.18. The van der Waals surface area contributed by atoms with Crippen LogP contribution >= 0.6 is 11.8 Å². The lowest BCUT2D eigenvalue weighted by atomic mass is 9.87. The molecule has 4 rings (SSSR count). The highest BCUT2D eigenvalue weighted by Gasteiger charge is 2.44. The van der Waals surface area contributed by atoms with Gasteiger partial charge in [0.2, 0.25) is 0 Å². The topological polar surface area (TPSA) is 50.9 Å². The quantitative estimate of drug-likeness (QED) is 0.842. The van der Waals surface area contributed by atoms with Crippen molar-refractivity contribution < 1.29 is 5.11 Å². The zero-order valence-electron chi connectivity index (χ0n) is 11.2. The zero-order chi connectivity index (χ0) is 12.9. The summed E-state index contributed by atoms with van der Waals surface area (Å²) in [6.07, 6.45) is 9.57. The van der Waals surface area contributed by atoms with Crippen LogP contribution in [-0.4, -0.2) is 25.6 Å². The molecule has 0 spiro atoms. The van der Waals surface area contributed by atoms with E-state index < -0.39 is 0 Å². The SMILES string of the molecule is OCc1nnc(SCC23CCC(CC2)C3)n1C1CC1. The Morgan fingerprint density at radius 3 is 2.58 bits per heavy atom. The molecule has 0 atom stereocenters. The molecule has 104 valence electrons. The van der Waals surface area contributed by atoms with E-state index in [1.54, 1.807) is 0 Å². The van der Waals surface area contributed by atoms with E-state index in [4.69, 9.17) is 0 Å². The second-order valence-electron chi connectivity index (χ2n) is 6.59. The van der Waals surface area contributed by atoms with E-state index in [9.17, 15) is 5.11 Å². The van der Waals surface area contributed by atoms with Crippen LogP contribution in [0.1, 0.15) is 56.8 Å². The third kappa shape index (κ3) is 2.11. The van der Waals surface area contributed by atoms with Crippen molar-refractivity contribution in [2.45, 2.75) is 62.8 Å². The normalized spacial score (nSPS) is 33.2. The predicted octanol–water partition coefficient (Wildman–Crippen LogP) is 2.78. The van der Waals surface area contributed by atoms with E-state index in [2.05, 4.69) is 14.8 Å². The maximum atomic E-state index is 9.36. The highest BCUT2D eigenvalue weighted by Crippen LogP contribution is 2.56. The molecule has 0 saturated heterocycles. The van der Waals surface area contributed by atoms with Gasteiger partial charge in [-0.15, -0.1) is 10.2 Å². The first-order valence-electron chi connectivity index (χ1n) is 7.47. The van der Waals surface area contributed by atoms with E-state index >= 15 is 0 Å². The van der Waals surface area contributed by atoms with Crippen LogP contribution in [0, 0.1) is 11.3 Å². The fraction of sp³-hybridized carbons (Fsp3) is 0.857. The summed E-state index contributed by atoms with van der Waals surface area (Å²) in [4.78, 5) is 0. The minimum atomic E-state index is 0.0112. The van der Waals surface area contributed by atoms with Crippen molar-refractivity contribution in [2.75, 3.05) is 5.75 Å². The van der Waals surface area contributed by atoms with Gasteiger partial charge in [0.1, 0.15) is 6.61 Å². The van der Waals surface area contributed by atoms with Crippen molar-refractivity contribution in [3.8, 4) is 0 Å². The molecular formula is C14H21N3OS. The summed E-state index contributed by atoms with van der Waals surface area (Å²) in [6, 6.07) is 0.553. The fourth-order valence-electron chi connectivity index (χ4n) is 3.94. The first kappa shape index (κ1) is 12.2. The van der Waals surface area contributed by atoms with Gasteiger partial charge in [-0.1, -0.05) is 11.8 Å². The average Bonchev–Trinajstić information content (AvgIpc) is 2.91. The maximum Gasteiger partial charge on any atom is 0.191 e. The Kier molecular flexibility index (Phi) is 2.88. The first-order chi connectivity index (χ1) is 9.30. The molecule has 0 amide bonds. The lowest BCUT2D eigenvalue weighted by Gasteiger charge is -2.25. The summed E-state index contributed by atoms with van der Waals surface area (Å²) >= 11 is 1.88. The molecule has 1 aromatic rings. The van der Waals surface area contributed by atoms with Crippen LogP contribution in [0.5, 0.6) is 0 Å². The lowest BCUT2D eigenvalue weighted by Crippen LogP contribution is -2.17. The van der Waals surface area contributed by atoms with E-state index in [1.807, 2.05) is 11.8 Å². The predicted molar refractivity (Wildman–Crippen MR) is 73.9 cm³/mol. The van der Waals surface area contributed by atoms with E-state index in [0.29, 0.717) is 11.5 Å². The van der Waals surface area contributed by atoms with Crippen molar-refractivity contribution in [1.29, 1.82) is 0 Å². The van der Waals surface area contributed by atoms with Gasteiger partial charge in [0.25, 0.3) is 0 Å². The van der Waals surface area contributed by atoms with Gasteiger partial charge in [-0.25, -0.2) is 0 Å². The summed E-state index contributed by atoms with van der Waals surface area (Å²) in [5, 5.41) is 18.8. The van der Waals surface area contributed by atoms with Crippen LogP contribution in [0.2, 0.25) is 0 Å². The Bertz CT molecular complexity index is 475. The number of rotatable bonds is 5. The summed E-state index contributed by atoms with van der Waals surface area (Å²) in [5.74, 6) is 2.95. The number of thioether (sulfide) groups is 1. The Labute approximate surface area is 118 Å². The van der Waals surface area contributed by atoms with Crippen LogP contribution in [0.25, 0.3) is 0 Å². The van der Waals surface area contributed by atoms with Crippen LogP contribution in [0.4, 0.5) is 0 Å². The highest BCUT2D eigenvalue weighted by atomic mass is 32.2. The monoisotopic (exact) mass is 279 g/mol. The molecule has 3 saturated carbocycles. The van der Waals surface area contributed by atoms with Crippen LogP contribution in [-0.2, 0) is 6.61 Å². The molecule has 0 radical (unpaired) electrons. The van der Waals surface area contributed by atoms with Crippen LogP contribution in [0.15, 0.2) is 5.16 Å². The molecule has 3 aliphatic carbocycles. The van der Waals surface area contributed by atoms with Gasteiger partial charge in [0.15, 0.2) is 11.0 Å². The number of hydrogen-bond donors (Lipinski definition) is 1. The molecule has 0 aliphatic heterocycles. The minimum absolute atomic E-state index is 0.0112. The van der Waals surface area contributed by atoms with E-state index in [0.717, 1.165) is 16.9 Å². The number of aliphatic hydroxyl groups is 1. The minimum Gasteiger partial charge on any atom is -0.388 e. The van der Waals surface area contributed by atoms with Gasteiger partial charge in [0, 0.05) is 11.8 Å². The molecule has 0 unspecified atom stereocenters. The van der Waals surface area contributed by atoms with Gasteiger partial charge in [-0.2, -0.15) is 0 Å². The Morgan fingerprint density at radius 1 is 1.21 bits per heavy atom. The van der Waals surface area contributed by atoms with Crippen LogP contribution < -0.4 is 0 Å². The van der Waals surface area contributed by atoms with Gasteiger partial charge in [-0.3, -0.25) is 0 Å². The van der Waals surface area contributed by atoms with Crippen LogP contribution in [0.3, 0.4) is 0 Å². The van der Waals surface area contributed by atoms with Crippen molar-refractivity contribution in [1.82, 2.24) is 14.8 Å². The Balaban J connectivity index is 1.49. The molecule has 1 N–H and O–H groups in total. The van der Waals surface area contributed by atoms with Gasteiger partial charge >= 0.3 is 0 Å². The molecule has 4 nitrogen and oxygen atoms in total. The standard InChI is InChI=1S/C14H21N3OS/c18-8-12-15-16-13(17(12)11-1-2-11)19-9-14-5-3-10(7-14)4-6-14/h10-11,18H,1-9H2. The average molecular weight is 279 g/mol. The first-order valence-corrected chi connectivity index (χ1v) is 8.46. The highest BCUT2D eigenvalue weighted by molar-refractivity contribution is 7.99. The molecule has 19 heavy (non-hydrogen) atoms. The number of fused-ring (bicyclic) bond motifs is 2. The van der Waals surface area contributed by atoms with Gasteiger partial charge < -0.3 is 9.67 Å². The molecule has 3 fully saturated rings. The molecule has 5 heteroatoms. The maximum absolute atomic E-state index is 9.36. The molecule has 3 aliphatic rings.